The molecular weight excluding hydrogens is 182 g/mol. The van der Waals surface area contributed by atoms with Gasteiger partial charge in [0.1, 0.15) is 0 Å². The Morgan fingerprint density at radius 1 is 1.20 bits per heavy atom. The molecule has 15 heavy (non-hydrogen) atoms. The molecule has 1 fully saturated rings. The molecule has 0 bridgehead atoms. The second-order valence-electron chi connectivity index (χ2n) is 4.49. The van der Waals surface area contributed by atoms with Crippen molar-refractivity contribution in [3.05, 3.63) is 42.0 Å². The van der Waals surface area contributed by atoms with Crippen molar-refractivity contribution in [2.75, 3.05) is 14.1 Å². The Balaban J connectivity index is 2.35. The molecule has 0 aromatic heterocycles. The van der Waals surface area contributed by atoms with Gasteiger partial charge in [0.2, 0.25) is 0 Å². The summed E-state index contributed by atoms with van der Waals surface area (Å²) in [6.45, 7) is 2.14. The molecule has 0 radical (unpaired) electrons. The lowest BCUT2D eigenvalue weighted by Crippen LogP contribution is -2.31. The summed E-state index contributed by atoms with van der Waals surface area (Å²) in [6, 6.07) is 10.7. The molecule has 0 saturated heterocycles. The summed E-state index contributed by atoms with van der Waals surface area (Å²) in [6.07, 6.45) is 4.84. The van der Waals surface area contributed by atoms with Gasteiger partial charge in [-0.3, -0.25) is 4.90 Å². The average Bonchev–Trinajstić information content (AvgIpc) is 3.02. The molecule has 0 spiro atoms. The van der Waals surface area contributed by atoms with Gasteiger partial charge in [0, 0.05) is 5.54 Å². The van der Waals surface area contributed by atoms with E-state index in [1.54, 1.807) is 0 Å². The molecule has 0 N–H and O–H groups in total. The smallest absolute Gasteiger partial charge is 0.0459 e. The predicted molar refractivity (Wildman–Crippen MR) is 65.7 cm³/mol. The van der Waals surface area contributed by atoms with E-state index in [0.29, 0.717) is 5.54 Å². The van der Waals surface area contributed by atoms with Crippen molar-refractivity contribution >= 4 is 5.57 Å². The molecule has 80 valence electrons. The third-order valence-corrected chi connectivity index (χ3v) is 3.45. The molecule has 1 nitrogen and oxygen atoms in total. The van der Waals surface area contributed by atoms with Crippen molar-refractivity contribution < 1.29 is 0 Å². The van der Waals surface area contributed by atoms with Crippen molar-refractivity contribution in [1.82, 2.24) is 4.90 Å². The van der Waals surface area contributed by atoms with Crippen LogP contribution in [0.4, 0.5) is 0 Å². The highest BCUT2D eigenvalue weighted by molar-refractivity contribution is 5.75. The lowest BCUT2D eigenvalue weighted by Gasteiger charge is -2.27. The molecule has 1 aromatic carbocycles. The quantitative estimate of drug-likeness (QED) is 0.726. The van der Waals surface area contributed by atoms with E-state index >= 15 is 0 Å². The summed E-state index contributed by atoms with van der Waals surface area (Å²) < 4.78 is 0. The lowest BCUT2D eigenvalue weighted by molar-refractivity contribution is 0.335. The van der Waals surface area contributed by atoms with Crippen LogP contribution in [-0.4, -0.2) is 24.5 Å². The van der Waals surface area contributed by atoms with E-state index < -0.39 is 0 Å². The van der Waals surface area contributed by atoms with E-state index in [2.05, 4.69) is 62.3 Å². The second-order valence-corrected chi connectivity index (χ2v) is 4.49. The third kappa shape index (κ3) is 1.72. The second kappa shape index (κ2) is 3.82. The number of likely N-dealkylation sites (N-methyl/N-ethyl adjacent to an activating group) is 1. The van der Waals surface area contributed by atoms with Crippen molar-refractivity contribution in [2.24, 2.45) is 0 Å². The number of rotatable bonds is 3. The minimum Gasteiger partial charge on any atom is -0.300 e. The molecule has 1 aliphatic rings. The monoisotopic (exact) mass is 201 g/mol. The molecule has 1 aromatic rings. The molecular formula is C14H19N. The average molecular weight is 201 g/mol. The Morgan fingerprint density at radius 3 is 2.20 bits per heavy atom. The molecule has 2 rings (SSSR count). The zero-order chi connectivity index (χ0) is 10.9. The summed E-state index contributed by atoms with van der Waals surface area (Å²) in [5, 5.41) is 0. The largest absolute Gasteiger partial charge is 0.300 e. The van der Waals surface area contributed by atoms with Gasteiger partial charge in [-0.15, -0.1) is 0 Å². The molecule has 0 unspecified atom stereocenters. The van der Waals surface area contributed by atoms with E-state index in [-0.39, 0.29) is 0 Å². The van der Waals surface area contributed by atoms with Gasteiger partial charge in [0.05, 0.1) is 0 Å². The maximum Gasteiger partial charge on any atom is 0.0459 e. The first-order valence-corrected chi connectivity index (χ1v) is 5.60. The van der Waals surface area contributed by atoms with Gasteiger partial charge in [-0.1, -0.05) is 36.4 Å². The van der Waals surface area contributed by atoms with Gasteiger partial charge < -0.3 is 0 Å². The van der Waals surface area contributed by atoms with Crippen molar-refractivity contribution in [3.8, 4) is 0 Å². The Hall–Kier alpha value is -1.08. The zero-order valence-electron chi connectivity index (χ0n) is 9.83. The van der Waals surface area contributed by atoms with Crippen LogP contribution in [0.3, 0.4) is 0 Å². The van der Waals surface area contributed by atoms with E-state index in [1.807, 2.05) is 0 Å². The van der Waals surface area contributed by atoms with Gasteiger partial charge in [0.15, 0.2) is 0 Å². The number of nitrogens with zero attached hydrogens (tertiary/aromatic N) is 1. The summed E-state index contributed by atoms with van der Waals surface area (Å²) in [7, 11) is 4.36. The zero-order valence-corrected chi connectivity index (χ0v) is 9.83. The van der Waals surface area contributed by atoms with Gasteiger partial charge in [-0.05, 0) is 45.0 Å². The van der Waals surface area contributed by atoms with Crippen LogP contribution in [0.1, 0.15) is 25.3 Å². The minimum absolute atomic E-state index is 0.316. The van der Waals surface area contributed by atoms with Crippen LogP contribution in [-0.2, 0) is 0 Å². The minimum atomic E-state index is 0.316. The van der Waals surface area contributed by atoms with Crippen LogP contribution in [0.15, 0.2) is 36.4 Å². The molecule has 0 atom stereocenters. The first-order chi connectivity index (χ1) is 7.20. The van der Waals surface area contributed by atoms with Crippen molar-refractivity contribution in [3.63, 3.8) is 0 Å². The SMILES string of the molecule is C/C=C(\c1ccccc1)C1(N(C)C)CC1. The number of allylic oxidation sites excluding steroid dienone is 1. The maximum atomic E-state index is 2.36. The first kappa shape index (κ1) is 10.4. The van der Waals surface area contributed by atoms with Crippen LogP contribution < -0.4 is 0 Å². The topological polar surface area (TPSA) is 3.24 Å². The van der Waals surface area contributed by atoms with Crippen LogP contribution in [0.2, 0.25) is 0 Å². The number of benzene rings is 1. The Kier molecular flexibility index (Phi) is 2.66. The molecule has 1 aliphatic carbocycles. The van der Waals surface area contributed by atoms with Gasteiger partial charge >= 0.3 is 0 Å². The number of hydrogen-bond acceptors (Lipinski definition) is 1. The standard InChI is InChI=1S/C14H19N/c1-4-13(12-8-6-5-7-9-12)14(10-11-14)15(2)3/h4-9H,10-11H2,1-3H3/b13-4+. The fourth-order valence-electron chi connectivity index (χ4n) is 2.40. The first-order valence-electron chi connectivity index (χ1n) is 5.60. The Morgan fingerprint density at radius 2 is 1.80 bits per heavy atom. The summed E-state index contributed by atoms with van der Waals surface area (Å²) in [4.78, 5) is 2.36. The van der Waals surface area contributed by atoms with Gasteiger partial charge in [-0.2, -0.15) is 0 Å². The summed E-state index contributed by atoms with van der Waals surface area (Å²) in [5.41, 5.74) is 3.16. The van der Waals surface area contributed by atoms with E-state index in [9.17, 15) is 0 Å². The fraction of sp³-hybridized carbons (Fsp3) is 0.429. The van der Waals surface area contributed by atoms with Crippen molar-refractivity contribution in [2.45, 2.75) is 25.3 Å². The molecule has 1 heteroatoms. The number of hydrogen-bond donors (Lipinski definition) is 0. The lowest BCUT2D eigenvalue weighted by atomic mass is 9.95. The van der Waals surface area contributed by atoms with Crippen LogP contribution in [0.5, 0.6) is 0 Å². The van der Waals surface area contributed by atoms with Crippen LogP contribution in [0.25, 0.3) is 5.57 Å². The van der Waals surface area contributed by atoms with Crippen LogP contribution in [0, 0.1) is 0 Å². The summed E-state index contributed by atoms with van der Waals surface area (Å²) in [5.74, 6) is 0. The highest BCUT2D eigenvalue weighted by atomic mass is 15.2. The third-order valence-electron chi connectivity index (χ3n) is 3.45. The maximum absolute atomic E-state index is 2.36. The highest BCUT2D eigenvalue weighted by Crippen LogP contribution is 2.50. The molecule has 0 aliphatic heterocycles. The van der Waals surface area contributed by atoms with Crippen molar-refractivity contribution in [1.29, 1.82) is 0 Å². The van der Waals surface area contributed by atoms with E-state index in [4.69, 9.17) is 0 Å². The van der Waals surface area contributed by atoms with E-state index in [0.717, 1.165) is 0 Å². The summed E-state index contributed by atoms with van der Waals surface area (Å²) >= 11 is 0. The fourth-order valence-corrected chi connectivity index (χ4v) is 2.40. The predicted octanol–water partition coefficient (Wildman–Crippen LogP) is 3.18. The van der Waals surface area contributed by atoms with Gasteiger partial charge in [-0.25, -0.2) is 0 Å². The normalized spacial score (nSPS) is 19.3. The molecule has 1 saturated carbocycles. The molecule has 0 amide bonds. The van der Waals surface area contributed by atoms with Gasteiger partial charge in [0.25, 0.3) is 0 Å². The Bertz CT molecular complexity index is 358. The Labute approximate surface area is 92.4 Å². The van der Waals surface area contributed by atoms with E-state index in [1.165, 1.54) is 24.0 Å². The van der Waals surface area contributed by atoms with Crippen LogP contribution >= 0.6 is 0 Å². The highest BCUT2D eigenvalue weighted by Gasteiger charge is 2.47. The molecule has 0 heterocycles.